The summed E-state index contributed by atoms with van der Waals surface area (Å²) in [6.07, 6.45) is 2.66. The minimum atomic E-state index is -0.941. The van der Waals surface area contributed by atoms with Crippen LogP contribution in [0.4, 0.5) is 0 Å². The number of aromatic nitrogens is 2. The zero-order valence-corrected chi connectivity index (χ0v) is 6.18. The van der Waals surface area contributed by atoms with Crippen molar-refractivity contribution < 1.29 is 10.2 Å². The predicted molar refractivity (Wildman–Crippen MR) is 38.7 cm³/mol. The number of aliphatic hydroxyl groups excluding tert-OH is 2. The summed E-state index contributed by atoms with van der Waals surface area (Å²) in [6.45, 7) is 1.50. The first-order chi connectivity index (χ1) is 5.22. The van der Waals surface area contributed by atoms with Crippen molar-refractivity contribution in [3.05, 3.63) is 24.3 Å². The van der Waals surface area contributed by atoms with Gasteiger partial charge in [-0.15, -0.1) is 0 Å². The van der Waals surface area contributed by atoms with E-state index in [-0.39, 0.29) is 0 Å². The molecule has 0 saturated heterocycles. The number of hydrogen-bond donors (Lipinski definition) is 2. The second kappa shape index (κ2) is 3.41. The molecule has 60 valence electrons. The highest BCUT2D eigenvalue weighted by Gasteiger charge is 2.13. The third kappa shape index (κ3) is 1.96. The Bertz CT molecular complexity index is 213. The molecular weight excluding hydrogens is 144 g/mol. The van der Waals surface area contributed by atoms with Crippen molar-refractivity contribution in [2.75, 3.05) is 0 Å². The molecule has 0 aliphatic rings. The molecule has 1 heterocycles. The van der Waals surface area contributed by atoms with Gasteiger partial charge in [0.25, 0.3) is 0 Å². The van der Waals surface area contributed by atoms with Crippen LogP contribution in [-0.2, 0) is 0 Å². The minimum absolute atomic E-state index is 0.391. The summed E-state index contributed by atoms with van der Waals surface area (Å²) in [5, 5.41) is 18.2. The minimum Gasteiger partial charge on any atom is -0.390 e. The lowest BCUT2D eigenvalue weighted by Gasteiger charge is -2.11. The lowest BCUT2D eigenvalue weighted by atomic mass is 10.2. The van der Waals surface area contributed by atoms with Gasteiger partial charge >= 0.3 is 0 Å². The van der Waals surface area contributed by atoms with Crippen molar-refractivity contribution in [2.45, 2.75) is 19.1 Å². The van der Waals surface area contributed by atoms with Crippen LogP contribution in [-0.4, -0.2) is 26.3 Å². The normalized spacial score (nSPS) is 15.9. The summed E-state index contributed by atoms with van der Waals surface area (Å²) < 4.78 is 0. The van der Waals surface area contributed by atoms with Crippen LogP contribution in [0.1, 0.15) is 18.7 Å². The average Bonchev–Trinajstić information content (AvgIpc) is 2.05. The van der Waals surface area contributed by atoms with Crippen LogP contribution in [0, 0.1) is 0 Å². The highest BCUT2D eigenvalue weighted by Crippen LogP contribution is 2.11. The zero-order chi connectivity index (χ0) is 8.27. The van der Waals surface area contributed by atoms with Crippen molar-refractivity contribution in [1.29, 1.82) is 0 Å². The number of aliphatic hydroxyl groups is 2. The molecule has 4 heteroatoms. The van der Waals surface area contributed by atoms with Gasteiger partial charge in [0.1, 0.15) is 6.10 Å². The van der Waals surface area contributed by atoms with Gasteiger partial charge in [0, 0.05) is 12.4 Å². The van der Waals surface area contributed by atoms with Crippen LogP contribution in [0.15, 0.2) is 18.6 Å². The van der Waals surface area contributed by atoms with Crippen LogP contribution >= 0.6 is 0 Å². The van der Waals surface area contributed by atoms with Gasteiger partial charge in [0.2, 0.25) is 0 Å². The fourth-order valence-corrected chi connectivity index (χ4v) is 0.710. The number of rotatable bonds is 2. The molecule has 0 unspecified atom stereocenters. The van der Waals surface area contributed by atoms with Gasteiger partial charge in [-0.2, -0.15) is 0 Å². The Morgan fingerprint density at radius 1 is 1.36 bits per heavy atom. The molecular formula is C7H10N2O2. The first kappa shape index (κ1) is 8.10. The largest absolute Gasteiger partial charge is 0.390 e. The highest BCUT2D eigenvalue weighted by molar-refractivity contribution is 5.00. The topological polar surface area (TPSA) is 66.2 Å². The molecule has 0 aliphatic carbocycles. The van der Waals surface area contributed by atoms with Crippen molar-refractivity contribution >= 4 is 0 Å². The van der Waals surface area contributed by atoms with E-state index in [9.17, 15) is 5.11 Å². The molecule has 11 heavy (non-hydrogen) atoms. The van der Waals surface area contributed by atoms with Crippen molar-refractivity contribution in [1.82, 2.24) is 9.97 Å². The maximum atomic E-state index is 9.25. The first-order valence-electron chi connectivity index (χ1n) is 3.34. The van der Waals surface area contributed by atoms with Gasteiger partial charge in [-0.1, -0.05) is 0 Å². The van der Waals surface area contributed by atoms with Gasteiger partial charge in [0.15, 0.2) is 0 Å². The molecule has 0 spiro atoms. The van der Waals surface area contributed by atoms with E-state index in [1.54, 1.807) is 0 Å². The second-order valence-electron chi connectivity index (χ2n) is 2.32. The van der Waals surface area contributed by atoms with E-state index in [0.29, 0.717) is 5.69 Å². The van der Waals surface area contributed by atoms with E-state index in [1.165, 1.54) is 25.5 Å². The van der Waals surface area contributed by atoms with Crippen molar-refractivity contribution in [3.8, 4) is 0 Å². The molecule has 0 fully saturated rings. The van der Waals surface area contributed by atoms with Gasteiger partial charge in [-0.25, -0.2) is 0 Å². The smallest absolute Gasteiger partial charge is 0.123 e. The summed E-state index contributed by atoms with van der Waals surface area (Å²) >= 11 is 0. The third-order valence-electron chi connectivity index (χ3n) is 1.34. The molecule has 1 aromatic heterocycles. The molecule has 2 N–H and O–H groups in total. The Kier molecular flexibility index (Phi) is 2.51. The molecule has 0 amide bonds. The second-order valence-corrected chi connectivity index (χ2v) is 2.32. The van der Waals surface area contributed by atoms with E-state index >= 15 is 0 Å². The summed E-state index contributed by atoms with van der Waals surface area (Å²) in [5.74, 6) is 0. The lowest BCUT2D eigenvalue weighted by molar-refractivity contribution is 0.0276. The van der Waals surface area contributed by atoms with E-state index in [4.69, 9.17) is 5.11 Å². The van der Waals surface area contributed by atoms with Gasteiger partial charge in [0.05, 0.1) is 18.0 Å². The van der Waals surface area contributed by atoms with Crippen molar-refractivity contribution in [2.24, 2.45) is 0 Å². The Morgan fingerprint density at radius 3 is 2.55 bits per heavy atom. The van der Waals surface area contributed by atoms with Crippen LogP contribution in [0.5, 0.6) is 0 Å². The van der Waals surface area contributed by atoms with E-state index in [1.807, 2.05) is 0 Å². The summed E-state index contributed by atoms with van der Waals surface area (Å²) in [7, 11) is 0. The third-order valence-corrected chi connectivity index (χ3v) is 1.34. The zero-order valence-electron chi connectivity index (χ0n) is 6.18. The molecule has 0 aromatic carbocycles. The average molecular weight is 154 g/mol. The maximum Gasteiger partial charge on any atom is 0.123 e. The Hall–Kier alpha value is -1.00. The van der Waals surface area contributed by atoms with Crippen LogP contribution in [0.3, 0.4) is 0 Å². The van der Waals surface area contributed by atoms with Crippen LogP contribution in [0.25, 0.3) is 0 Å². The van der Waals surface area contributed by atoms with Gasteiger partial charge < -0.3 is 10.2 Å². The molecule has 4 nitrogen and oxygen atoms in total. The van der Waals surface area contributed by atoms with Crippen LogP contribution < -0.4 is 0 Å². The molecule has 2 atom stereocenters. The molecule has 1 aromatic rings. The molecule has 0 radical (unpaired) electrons. The maximum absolute atomic E-state index is 9.25. The highest BCUT2D eigenvalue weighted by atomic mass is 16.3. The fraction of sp³-hybridized carbons (Fsp3) is 0.429. The molecule has 0 saturated carbocycles. The van der Waals surface area contributed by atoms with Gasteiger partial charge in [-0.05, 0) is 6.92 Å². The SMILES string of the molecule is C[C@H](O)[C@@H](O)c1cnccn1. The van der Waals surface area contributed by atoms with E-state index in [2.05, 4.69) is 9.97 Å². The lowest BCUT2D eigenvalue weighted by Crippen LogP contribution is -2.15. The molecule has 1 rings (SSSR count). The Labute approximate surface area is 64.6 Å². The van der Waals surface area contributed by atoms with E-state index in [0.717, 1.165) is 0 Å². The van der Waals surface area contributed by atoms with Crippen molar-refractivity contribution in [3.63, 3.8) is 0 Å². The molecule has 0 aliphatic heterocycles. The monoisotopic (exact) mass is 154 g/mol. The number of hydrogen-bond acceptors (Lipinski definition) is 4. The Morgan fingerprint density at radius 2 is 2.09 bits per heavy atom. The van der Waals surface area contributed by atoms with E-state index < -0.39 is 12.2 Å². The molecule has 0 bridgehead atoms. The fourth-order valence-electron chi connectivity index (χ4n) is 0.710. The summed E-state index contributed by atoms with van der Waals surface area (Å²) in [4.78, 5) is 7.58. The predicted octanol–water partition coefficient (Wildman–Crippen LogP) is -0.109. The number of nitrogens with zero attached hydrogens (tertiary/aromatic N) is 2. The van der Waals surface area contributed by atoms with Gasteiger partial charge in [-0.3, -0.25) is 9.97 Å². The summed E-state index contributed by atoms with van der Waals surface area (Å²) in [5.41, 5.74) is 0.391. The standard InChI is InChI=1S/C7H10N2O2/c1-5(10)7(11)6-4-8-2-3-9-6/h2-5,7,10-11H,1H3/t5-,7+/m0/s1. The quantitative estimate of drug-likeness (QED) is 0.623. The first-order valence-corrected chi connectivity index (χ1v) is 3.34. The summed E-state index contributed by atoms with van der Waals surface area (Å²) in [6, 6.07) is 0. The Balaban J connectivity index is 2.77. The van der Waals surface area contributed by atoms with Crippen LogP contribution in [0.2, 0.25) is 0 Å².